The van der Waals surface area contributed by atoms with Crippen LogP contribution in [0.25, 0.3) is 11.3 Å². The molecule has 4 aromatic rings. The van der Waals surface area contributed by atoms with Gasteiger partial charge in [0, 0.05) is 37.4 Å². The molecule has 1 aliphatic rings. The molecule has 0 radical (unpaired) electrons. The van der Waals surface area contributed by atoms with Crippen LogP contribution in [0.4, 0.5) is 5.69 Å². The van der Waals surface area contributed by atoms with Gasteiger partial charge in [0.2, 0.25) is 0 Å². The number of carbonyl (C=O) groups is 1. The third-order valence-electron chi connectivity index (χ3n) is 6.22. The minimum absolute atomic E-state index is 0.0806. The van der Waals surface area contributed by atoms with Crippen molar-refractivity contribution in [2.45, 2.75) is 13.5 Å². The fourth-order valence-electron chi connectivity index (χ4n) is 4.28. The quantitative estimate of drug-likeness (QED) is 0.341. The van der Waals surface area contributed by atoms with E-state index in [-0.39, 0.29) is 5.91 Å². The predicted molar refractivity (Wildman–Crippen MR) is 137 cm³/mol. The van der Waals surface area contributed by atoms with Crippen LogP contribution in [0.1, 0.15) is 21.7 Å². The summed E-state index contributed by atoms with van der Waals surface area (Å²) in [7, 11) is 0. The first-order valence-electron chi connectivity index (χ1n) is 11.6. The lowest BCUT2D eigenvalue weighted by molar-refractivity contribution is 0.0745. The van der Waals surface area contributed by atoms with E-state index in [4.69, 9.17) is 20.9 Å². The van der Waals surface area contributed by atoms with Crippen molar-refractivity contribution in [3.8, 4) is 17.0 Å². The summed E-state index contributed by atoms with van der Waals surface area (Å²) in [5.74, 6) is 1.25. The van der Waals surface area contributed by atoms with Crippen LogP contribution in [-0.4, -0.2) is 42.1 Å². The SMILES string of the molecule is Cc1onc(-c2ccccc2Cl)c1C(=O)N1CCN(c2ccc(OCc3ccccc3)cc2)CC1. The van der Waals surface area contributed by atoms with Crippen molar-refractivity contribution < 1.29 is 14.1 Å². The second-order valence-electron chi connectivity index (χ2n) is 8.49. The lowest BCUT2D eigenvalue weighted by atomic mass is 10.0. The van der Waals surface area contributed by atoms with Gasteiger partial charge >= 0.3 is 0 Å². The van der Waals surface area contributed by atoms with E-state index in [0.717, 1.165) is 30.1 Å². The number of ether oxygens (including phenoxy) is 1. The van der Waals surface area contributed by atoms with Gasteiger partial charge in [-0.05, 0) is 42.8 Å². The van der Waals surface area contributed by atoms with Crippen molar-refractivity contribution in [2.24, 2.45) is 0 Å². The van der Waals surface area contributed by atoms with Gasteiger partial charge in [0.05, 0.1) is 5.02 Å². The highest BCUT2D eigenvalue weighted by molar-refractivity contribution is 6.33. The number of carbonyl (C=O) groups excluding carboxylic acids is 1. The molecule has 2 heterocycles. The first kappa shape index (κ1) is 23.0. The Bertz CT molecular complexity index is 1300. The van der Waals surface area contributed by atoms with E-state index < -0.39 is 0 Å². The number of hydrogen-bond donors (Lipinski definition) is 0. The molecule has 1 fully saturated rings. The average molecular weight is 488 g/mol. The van der Waals surface area contributed by atoms with Gasteiger partial charge in [-0.1, -0.05) is 65.3 Å². The third-order valence-corrected chi connectivity index (χ3v) is 6.55. The summed E-state index contributed by atoms with van der Waals surface area (Å²) in [6.45, 7) is 5.00. The molecular formula is C28H26ClN3O3. The largest absolute Gasteiger partial charge is 0.489 e. The van der Waals surface area contributed by atoms with Gasteiger partial charge in [-0.3, -0.25) is 4.79 Å². The summed E-state index contributed by atoms with van der Waals surface area (Å²) in [4.78, 5) is 17.5. The Kier molecular flexibility index (Phi) is 6.73. The summed E-state index contributed by atoms with van der Waals surface area (Å²) in [6.07, 6.45) is 0. The summed E-state index contributed by atoms with van der Waals surface area (Å²) in [5, 5.41) is 4.68. The summed E-state index contributed by atoms with van der Waals surface area (Å²) in [6, 6.07) is 25.6. The molecule has 0 bridgehead atoms. The van der Waals surface area contributed by atoms with E-state index in [0.29, 0.717) is 47.3 Å². The maximum Gasteiger partial charge on any atom is 0.259 e. The second kappa shape index (κ2) is 10.2. The Labute approximate surface area is 209 Å². The normalized spacial score (nSPS) is 13.7. The maximum atomic E-state index is 13.4. The molecular weight excluding hydrogens is 462 g/mol. The van der Waals surface area contributed by atoms with Gasteiger partial charge in [-0.15, -0.1) is 0 Å². The number of piperazine rings is 1. The van der Waals surface area contributed by atoms with Crippen molar-refractivity contribution >= 4 is 23.2 Å². The van der Waals surface area contributed by atoms with E-state index in [1.807, 2.05) is 65.6 Å². The van der Waals surface area contributed by atoms with Crippen molar-refractivity contribution in [1.29, 1.82) is 0 Å². The number of hydrogen-bond acceptors (Lipinski definition) is 5. The van der Waals surface area contributed by atoms with E-state index in [9.17, 15) is 4.79 Å². The van der Waals surface area contributed by atoms with Crippen molar-refractivity contribution in [3.63, 3.8) is 0 Å². The summed E-state index contributed by atoms with van der Waals surface area (Å²) in [5.41, 5.74) is 3.92. The van der Waals surface area contributed by atoms with Gasteiger partial charge in [0.25, 0.3) is 5.91 Å². The molecule has 5 rings (SSSR count). The number of aryl methyl sites for hydroxylation is 1. The number of halogens is 1. The van der Waals surface area contributed by atoms with Crippen LogP contribution < -0.4 is 9.64 Å². The molecule has 178 valence electrons. The lowest BCUT2D eigenvalue weighted by Crippen LogP contribution is -2.49. The standard InChI is InChI=1S/C28H26ClN3O3/c1-20-26(27(30-35-20)24-9-5-6-10-25(24)29)28(33)32-17-15-31(16-18-32)22-11-13-23(14-12-22)34-19-21-7-3-2-4-8-21/h2-14H,15-19H2,1H3. The highest BCUT2D eigenvalue weighted by atomic mass is 35.5. The lowest BCUT2D eigenvalue weighted by Gasteiger charge is -2.36. The smallest absolute Gasteiger partial charge is 0.259 e. The van der Waals surface area contributed by atoms with Crippen LogP contribution in [0.3, 0.4) is 0 Å². The average Bonchev–Trinajstić information content (AvgIpc) is 3.29. The number of anilines is 1. The zero-order chi connectivity index (χ0) is 24.2. The van der Waals surface area contributed by atoms with Crippen LogP contribution in [0, 0.1) is 6.92 Å². The van der Waals surface area contributed by atoms with Gasteiger partial charge < -0.3 is 19.1 Å². The van der Waals surface area contributed by atoms with Gasteiger partial charge in [0.15, 0.2) is 0 Å². The monoisotopic (exact) mass is 487 g/mol. The van der Waals surface area contributed by atoms with Crippen LogP contribution in [0.15, 0.2) is 83.4 Å². The molecule has 0 N–H and O–H groups in total. The molecule has 0 saturated carbocycles. The number of rotatable bonds is 6. The topological polar surface area (TPSA) is 58.8 Å². The predicted octanol–water partition coefficient (Wildman–Crippen LogP) is 5.84. The van der Waals surface area contributed by atoms with E-state index in [1.165, 1.54) is 0 Å². The Morgan fingerprint density at radius 3 is 2.34 bits per heavy atom. The van der Waals surface area contributed by atoms with Crippen LogP contribution in [0.5, 0.6) is 5.75 Å². The fraction of sp³-hybridized carbons (Fsp3) is 0.214. The fourth-order valence-corrected chi connectivity index (χ4v) is 4.51. The Balaban J connectivity index is 1.21. The number of aromatic nitrogens is 1. The number of nitrogens with zero attached hydrogens (tertiary/aromatic N) is 3. The first-order chi connectivity index (χ1) is 17.1. The third kappa shape index (κ3) is 5.03. The minimum Gasteiger partial charge on any atom is -0.489 e. The molecule has 1 saturated heterocycles. The van der Waals surface area contributed by atoms with Crippen LogP contribution >= 0.6 is 11.6 Å². The summed E-state index contributed by atoms with van der Waals surface area (Å²) < 4.78 is 11.3. The van der Waals surface area contributed by atoms with E-state index in [1.54, 1.807) is 13.0 Å². The molecule has 3 aromatic carbocycles. The molecule has 1 amide bonds. The van der Waals surface area contributed by atoms with Crippen LogP contribution in [-0.2, 0) is 6.61 Å². The zero-order valence-electron chi connectivity index (χ0n) is 19.5. The highest BCUT2D eigenvalue weighted by Crippen LogP contribution is 2.32. The molecule has 6 nitrogen and oxygen atoms in total. The molecule has 0 atom stereocenters. The van der Waals surface area contributed by atoms with Crippen molar-refractivity contribution in [1.82, 2.24) is 10.1 Å². The molecule has 35 heavy (non-hydrogen) atoms. The van der Waals surface area contributed by atoms with Gasteiger partial charge in [0.1, 0.15) is 29.4 Å². The second-order valence-corrected chi connectivity index (χ2v) is 8.90. The van der Waals surface area contributed by atoms with Gasteiger partial charge in [-0.25, -0.2) is 0 Å². The number of amides is 1. The Morgan fingerprint density at radius 2 is 1.63 bits per heavy atom. The first-order valence-corrected chi connectivity index (χ1v) is 12.0. The number of benzene rings is 3. The Hall–Kier alpha value is -3.77. The molecule has 1 aromatic heterocycles. The minimum atomic E-state index is -0.0806. The van der Waals surface area contributed by atoms with Crippen molar-refractivity contribution in [3.05, 3.63) is 101 Å². The van der Waals surface area contributed by atoms with E-state index >= 15 is 0 Å². The van der Waals surface area contributed by atoms with Crippen molar-refractivity contribution in [2.75, 3.05) is 31.1 Å². The Morgan fingerprint density at radius 1 is 0.943 bits per heavy atom. The highest BCUT2D eigenvalue weighted by Gasteiger charge is 2.29. The van der Waals surface area contributed by atoms with E-state index in [2.05, 4.69) is 22.2 Å². The molecule has 0 spiro atoms. The van der Waals surface area contributed by atoms with Gasteiger partial charge in [-0.2, -0.15) is 0 Å². The molecule has 0 aliphatic carbocycles. The molecule has 7 heteroatoms. The van der Waals surface area contributed by atoms with Crippen LogP contribution in [0.2, 0.25) is 5.02 Å². The molecule has 0 unspecified atom stereocenters. The zero-order valence-corrected chi connectivity index (χ0v) is 20.2. The summed E-state index contributed by atoms with van der Waals surface area (Å²) >= 11 is 6.36. The maximum absolute atomic E-state index is 13.4. The molecule has 1 aliphatic heterocycles.